The van der Waals surface area contributed by atoms with Crippen LogP contribution in [0.1, 0.15) is 11.1 Å². The Morgan fingerprint density at radius 3 is 2.05 bits per heavy atom. The number of benzene rings is 2. The van der Waals surface area contributed by atoms with E-state index < -0.39 is 6.36 Å². The molecule has 0 fully saturated rings. The molecule has 22 heavy (non-hydrogen) atoms. The predicted octanol–water partition coefficient (Wildman–Crippen LogP) is 3.73. The maximum Gasteiger partial charge on any atom is 0.573 e. The standard InChI is InChI=1S/C16H16F3NO2/c17-16(18,19)22-15-7-3-13(4-8-15)11-20-14-5-1-12(2-6-14)9-10-21/h1-8,20-21H,9-11H2. The molecular formula is C16H16F3NO2. The minimum absolute atomic E-state index is 0.110. The summed E-state index contributed by atoms with van der Waals surface area (Å²) in [4.78, 5) is 0. The molecule has 0 spiro atoms. The monoisotopic (exact) mass is 311 g/mol. The van der Waals surface area contributed by atoms with E-state index in [0.717, 1.165) is 16.8 Å². The molecule has 0 unspecified atom stereocenters. The summed E-state index contributed by atoms with van der Waals surface area (Å²) in [6.07, 6.45) is -4.06. The fourth-order valence-corrected chi connectivity index (χ4v) is 1.93. The molecule has 0 amide bonds. The molecule has 2 aromatic rings. The van der Waals surface area contributed by atoms with E-state index in [-0.39, 0.29) is 12.4 Å². The van der Waals surface area contributed by atoms with Crippen molar-refractivity contribution in [2.75, 3.05) is 11.9 Å². The third-order valence-electron chi connectivity index (χ3n) is 3.01. The molecule has 2 N–H and O–H groups in total. The first kappa shape index (κ1) is 16.2. The first-order valence-corrected chi connectivity index (χ1v) is 6.74. The first-order chi connectivity index (χ1) is 10.5. The van der Waals surface area contributed by atoms with Gasteiger partial charge in [-0.25, -0.2) is 0 Å². The zero-order valence-corrected chi connectivity index (χ0v) is 11.7. The van der Waals surface area contributed by atoms with E-state index in [1.165, 1.54) is 12.1 Å². The Morgan fingerprint density at radius 2 is 1.50 bits per heavy atom. The maximum absolute atomic E-state index is 12.0. The van der Waals surface area contributed by atoms with Crippen LogP contribution in [0.15, 0.2) is 48.5 Å². The number of rotatable bonds is 6. The Morgan fingerprint density at radius 1 is 0.909 bits per heavy atom. The predicted molar refractivity (Wildman–Crippen MR) is 77.7 cm³/mol. The van der Waals surface area contributed by atoms with Crippen molar-refractivity contribution in [3.8, 4) is 5.75 Å². The minimum Gasteiger partial charge on any atom is -0.406 e. The zero-order chi connectivity index (χ0) is 16.0. The quantitative estimate of drug-likeness (QED) is 0.854. The lowest BCUT2D eigenvalue weighted by Crippen LogP contribution is -2.17. The van der Waals surface area contributed by atoms with Crippen LogP contribution < -0.4 is 10.1 Å². The average Bonchev–Trinajstić information content (AvgIpc) is 2.47. The number of alkyl halides is 3. The summed E-state index contributed by atoms with van der Waals surface area (Å²) < 4.78 is 40.0. The van der Waals surface area contributed by atoms with E-state index in [1.807, 2.05) is 24.3 Å². The molecule has 0 saturated carbocycles. The molecule has 118 valence electrons. The van der Waals surface area contributed by atoms with Crippen LogP contribution in [-0.4, -0.2) is 18.1 Å². The summed E-state index contributed by atoms with van der Waals surface area (Å²) in [5.41, 5.74) is 2.79. The second-order valence-corrected chi connectivity index (χ2v) is 4.72. The van der Waals surface area contributed by atoms with Crippen LogP contribution in [0.5, 0.6) is 5.75 Å². The van der Waals surface area contributed by atoms with Crippen molar-refractivity contribution >= 4 is 5.69 Å². The average molecular weight is 311 g/mol. The minimum atomic E-state index is -4.67. The van der Waals surface area contributed by atoms with Gasteiger partial charge < -0.3 is 15.2 Å². The number of ether oxygens (including phenoxy) is 1. The highest BCUT2D eigenvalue weighted by molar-refractivity contribution is 5.45. The van der Waals surface area contributed by atoms with Gasteiger partial charge in [0, 0.05) is 18.8 Å². The van der Waals surface area contributed by atoms with Crippen molar-refractivity contribution in [2.24, 2.45) is 0 Å². The molecule has 3 nitrogen and oxygen atoms in total. The summed E-state index contributed by atoms with van der Waals surface area (Å²) in [5.74, 6) is -0.232. The number of halogens is 3. The number of anilines is 1. The molecule has 0 aliphatic rings. The summed E-state index contributed by atoms with van der Waals surface area (Å²) in [6.45, 7) is 0.602. The molecule has 0 bridgehead atoms. The lowest BCUT2D eigenvalue weighted by molar-refractivity contribution is -0.274. The number of hydrogen-bond donors (Lipinski definition) is 2. The molecular weight excluding hydrogens is 295 g/mol. The maximum atomic E-state index is 12.0. The summed E-state index contributed by atoms with van der Waals surface area (Å²) in [5, 5.41) is 12.0. The third-order valence-corrected chi connectivity index (χ3v) is 3.01. The summed E-state index contributed by atoms with van der Waals surface area (Å²) in [6, 6.07) is 13.3. The van der Waals surface area contributed by atoms with Crippen LogP contribution in [0.4, 0.5) is 18.9 Å². The van der Waals surface area contributed by atoms with Crippen LogP contribution in [0.2, 0.25) is 0 Å². The number of aliphatic hydroxyl groups excluding tert-OH is 1. The molecule has 6 heteroatoms. The SMILES string of the molecule is OCCc1ccc(NCc2ccc(OC(F)(F)F)cc2)cc1. The van der Waals surface area contributed by atoms with Gasteiger partial charge in [-0.1, -0.05) is 24.3 Å². The van der Waals surface area contributed by atoms with Crippen molar-refractivity contribution in [3.63, 3.8) is 0 Å². The van der Waals surface area contributed by atoms with E-state index in [4.69, 9.17) is 5.11 Å². The highest BCUT2D eigenvalue weighted by atomic mass is 19.4. The molecule has 0 aromatic heterocycles. The third kappa shape index (κ3) is 5.29. The van der Waals surface area contributed by atoms with Crippen molar-refractivity contribution < 1.29 is 23.0 Å². The molecule has 0 aliphatic heterocycles. The number of hydrogen-bond acceptors (Lipinski definition) is 3. The Bertz CT molecular complexity index is 580. The van der Waals surface area contributed by atoms with Crippen molar-refractivity contribution in [1.82, 2.24) is 0 Å². The van der Waals surface area contributed by atoms with E-state index in [1.54, 1.807) is 12.1 Å². The van der Waals surface area contributed by atoms with E-state index in [0.29, 0.717) is 13.0 Å². The Kier molecular flexibility index (Phi) is 5.27. The van der Waals surface area contributed by atoms with E-state index in [2.05, 4.69) is 10.1 Å². The van der Waals surface area contributed by atoms with Gasteiger partial charge in [0.1, 0.15) is 5.75 Å². The largest absolute Gasteiger partial charge is 0.573 e. The van der Waals surface area contributed by atoms with Crippen LogP contribution in [0.3, 0.4) is 0 Å². The second kappa shape index (κ2) is 7.17. The molecule has 2 aromatic carbocycles. The fourth-order valence-electron chi connectivity index (χ4n) is 1.93. The van der Waals surface area contributed by atoms with Gasteiger partial charge in [-0.15, -0.1) is 13.2 Å². The Labute approximate surface area is 126 Å². The second-order valence-electron chi connectivity index (χ2n) is 4.72. The van der Waals surface area contributed by atoms with Gasteiger partial charge in [0.25, 0.3) is 0 Å². The fraction of sp³-hybridized carbons (Fsp3) is 0.250. The van der Waals surface area contributed by atoms with Gasteiger partial charge in [0.15, 0.2) is 0 Å². The lowest BCUT2D eigenvalue weighted by atomic mass is 10.1. The van der Waals surface area contributed by atoms with Gasteiger partial charge >= 0.3 is 6.36 Å². The molecule has 0 atom stereocenters. The van der Waals surface area contributed by atoms with E-state index >= 15 is 0 Å². The zero-order valence-electron chi connectivity index (χ0n) is 11.7. The molecule has 2 rings (SSSR count). The Balaban J connectivity index is 1.88. The van der Waals surface area contributed by atoms with Crippen LogP contribution >= 0.6 is 0 Å². The summed E-state index contributed by atoms with van der Waals surface area (Å²) >= 11 is 0. The van der Waals surface area contributed by atoms with Gasteiger partial charge in [0.05, 0.1) is 0 Å². The van der Waals surface area contributed by atoms with Crippen LogP contribution in [0.25, 0.3) is 0 Å². The van der Waals surface area contributed by atoms with Crippen molar-refractivity contribution in [2.45, 2.75) is 19.3 Å². The highest BCUT2D eigenvalue weighted by Gasteiger charge is 2.30. The first-order valence-electron chi connectivity index (χ1n) is 6.74. The van der Waals surface area contributed by atoms with Crippen molar-refractivity contribution in [3.05, 3.63) is 59.7 Å². The summed E-state index contributed by atoms with van der Waals surface area (Å²) in [7, 11) is 0. The van der Waals surface area contributed by atoms with Crippen molar-refractivity contribution in [1.29, 1.82) is 0 Å². The van der Waals surface area contributed by atoms with E-state index in [9.17, 15) is 13.2 Å². The highest BCUT2D eigenvalue weighted by Crippen LogP contribution is 2.23. The molecule has 0 radical (unpaired) electrons. The van der Waals surface area contributed by atoms with Gasteiger partial charge in [-0.05, 0) is 41.8 Å². The van der Waals surface area contributed by atoms with Gasteiger partial charge in [-0.2, -0.15) is 0 Å². The Hall–Kier alpha value is -2.21. The molecule has 0 saturated heterocycles. The van der Waals surface area contributed by atoms with Gasteiger partial charge in [-0.3, -0.25) is 0 Å². The normalized spacial score (nSPS) is 11.3. The molecule has 0 aliphatic carbocycles. The van der Waals surface area contributed by atoms with Crippen LogP contribution in [-0.2, 0) is 13.0 Å². The van der Waals surface area contributed by atoms with Gasteiger partial charge in [0.2, 0.25) is 0 Å². The topological polar surface area (TPSA) is 41.5 Å². The smallest absolute Gasteiger partial charge is 0.406 e. The lowest BCUT2D eigenvalue weighted by Gasteiger charge is -2.10. The number of aliphatic hydroxyl groups is 1. The van der Waals surface area contributed by atoms with Crippen LogP contribution in [0, 0.1) is 0 Å². The molecule has 0 heterocycles. The number of nitrogens with one attached hydrogen (secondary N) is 1.